The first kappa shape index (κ1) is 16.5. The number of carbonyl (C=O) groups excluding carboxylic acids is 1. The van der Waals surface area contributed by atoms with Crippen molar-refractivity contribution in [1.82, 2.24) is 0 Å². The van der Waals surface area contributed by atoms with Crippen molar-refractivity contribution in [3.63, 3.8) is 0 Å². The lowest BCUT2D eigenvalue weighted by Crippen LogP contribution is -2.22. The number of fused-ring (bicyclic) bond motifs is 1. The highest BCUT2D eigenvalue weighted by Gasteiger charge is 2.18. The summed E-state index contributed by atoms with van der Waals surface area (Å²) >= 11 is 3.50. The quantitative estimate of drug-likeness (QED) is 0.597. The second-order valence-electron chi connectivity index (χ2n) is 4.66. The van der Waals surface area contributed by atoms with Crippen molar-refractivity contribution in [3.05, 3.63) is 38.7 Å². The Hall–Kier alpha value is -1.82. The van der Waals surface area contributed by atoms with Gasteiger partial charge in [-0.15, -0.1) is 0 Å². The molecule has 22 heavy (non-hydrogen) atoms. The number of carbonyl (C=O) groups is 1. The summed E-state index contributed by atoms with van der Waals surface area (Å²) in [4.78, 5) is 25.9. The highest BCUT2D eigenvalue weighted by atomic mass is 79.9. The fraction of sp³-hybridized carbons (Fsp3) is 0.375. The SMILES string of the molecule is CCOC(=O)c1cc2ccc(N(CC)CC)c(Br)c2oc1=O. The Kier molecular flexibility index (Phi) is 5.24. The second kappa shape index (κ2) is 6.96. The predicted octanol–water partition coefficient (Wildman–Crippen LogP) is 3.58. The summed E-state index contributed by atoms with van der Waals surface area (Å²) in [6, 6.07) is 5.28. The van der Waals surface area contributed by atoms with Gasteiger partial charge in [0, 0.05) is 18.5 Å². The van der Waals surface area contributed by atoms with E-state index in [9.17, 15) is 9.59 Å². The number of anilines is 1. The lowest BCUT2D eigenvalue weighted by molar-refractivity contribution is 0.0522. The van der Waals surface area contributed by atoms with Gasteiger partial charge in [-0.2, -0.15) is 0 Å². The van der Waals surface area contributed by atoms with Gasteiger partial charge >= 0.3 is 11.6 Å². The maximum absolute atomic E-state index is 12.0. The van der Waals surface area contributed by atoms with Gasteiger partial charge in [0.25, 0.3) is 0 Å². The molecular weight excluding hydrogens is 350 g/mol. The van der Waals surface area contributed by atoms with Crippen molar-refractivity contribution < 1.29 is 13.9 Å². The van der Waals surface area contributed by atoms with Gasteiger partial charge in [-0.25, -0.2) is 9.59 Å². The van der Waals surface area contributed by atoms with Crippen LogP contribution in [0.15, 0.2) is 31.9 Å². The van der Waals surface area contributed by atoms with Crippen molar-refractivity contribution in [2.75, 3.05) is 24.6 Å². The molecule has 0 aliphatic heterocycles. The van der Waals surface area contributed by atoms with Gasteiger partial charge in [0.15, 0.2) is 5.58 Å². The Morgan fingerprint density at radius 2 is 1.95 bits per heavy atom. The van der Waals surface area contributed by atoms with Crippen LogP contribution >= 0.6 is 15.9 Å². The third-order valence-electron chi connectivity index (χ3n) is 3.42. The average Bonchev–Trinajstić information content (AvgIpc) is 2.51. The normalized spacial score (nSPS) is 10.7. The minimum absolute atomic E-state index is 0.0863. The van der Waals surface area contributed by atoms with Crippen LogP contribution in [0.1, 0.15) is 31.1 Å². The number of hydrogen-bond donors (Lipinski definition) is 0. The van der Waals surface area contributed by atoms with E-state index in [1.165, 1.54) is 6.07 Å². The number of hydrogen-bond acceptors (Lipinski definition) is 5. The maximum Gasteiger partial charge on any atom is 0.351 e. The predicted molar refractivity (Wildman–Crippen MR) is 89.7 cm³/mol. The molecule has 1 aromatic heterocycles. The van der Waals surface area contributed by atoms with Crippen LogP contribution in [0.2, 0.25) is 0 Å². The van der Waals surface area contributed by atoms with Crippen LogP contribution in [0.25, 0.3) is 11.0 Å². The van der Waals surface area contributed by atoms with E-state index >= 15 is 0 Å². The van der Waals surface area contributed by atoms with Gasteiger partial charge in [-0.05, 0) is 54.9 Å². The molecule has 0 spiro atoms. The third-order valence-corrected chi connectivity index (χ3v) is 4.19. The zero-order valence-electron chi connectivity index (χ0n) is 12.8. The molecule has 1 aromatic carbocycles. The van der Waals surface area contributed by atoms with E-state index in [4.69, 9.17) is 9.15 Å². The Balaban J connectivity index is 2.61. The molecule has 0 saturated carbocycles. The van der Waals surface area contributed by atoms with Crippen LogP contribution in [0.3, 0.4) is 0 Å². The van der Waals surface area contributed by atoms with E-state index in [-0.39, 0.29) is 12.2 Å². The number of nitrogens with zero attached hydrogens (tertiary/aromatic N) is 1. The summed E-state index contributed by atoms with van der Waals surface area (Å²) in [6.07, 6.45) is 0. The van der Waals surface area contributed by atoms with Gasteiger partial charge in [0.1, 0.15) is 5.56 Å². The number of benzene rings is 1. The number of rotatable bonds is 5. The molecule has 0 bridgehead atoms. The molecule has 2 rings (SSSR count). The molecule has 0 radical (unpaired) electrons. The van der Waals surface area contributed by atoms with Crippen LogP contribution < -0.4 is 10.5 Å². The van der Waals surface area contributed by atoms with Crippen LogP contribution in [-0.2, 0) is 4.74 Å². The van der Waals surface area contributed by atoms with Gasteiger partial charge < -0.3 is 14.1 Å². The monoisotopic (exact) mass is 367 g/mol. The van der Waals surface area contributed by atoms with E-state index in [1.54, 1.807) is 6.92 Å². The Labute approximate surface area is 137 Å². The third kappa shape index (κ3) is 3.02. The van der Waals surface area contributed by atoms with Gasteiger partial charge in [0.2, 0.25) is 0 Å². The molecule has 6 heteroatoms. The first-order chi connectivity index (χ1) is 10.5. The minimum atomic E-state index is -0.691. The van der Waals surface area contributed by atoms with E-state index in [0.29, 0.717) is 15.4 Å². The molecule has 118 valence electrons. The lowest BCUT2D eigenvalue weighted by Gasteiger charge is -2.22. The van der Waals surface area contributed by atoms with Crippen molar-refractivity contribution in [2.24, 2.45) is 0 Å². The molecule has 0 aliphatic rings. The second-order valence-corrected chi connectivity index (χ2v) is 5.45. The maximum atomic E-state index is 12.0. The minimum Gasteiger partial charge on any atom is -0.462 e. The van der Waals surface area contributed by atoms with Crippen LogP contribution in [-0.4, -0.2) is 25.7 Å². The van der Waals surface area contributed by atoms with E-state index in [1.807, 2.05) is 12.1 Å². The van der Waals surface area contributed by atoms with Crippen LogP contribution in [0.4, 0.5) is 5.69 Å². The first-order valence-corrected chi connectivity index (χ1v) is 8.01. The summed E-state index contributed by atoms with van der Waals surface area (Å²) in [7, 11) is 0. The van der Waals surface area contributed by atoms with Crippen molar-refractivity contribution in [1.29, 1.82) is 0 Å². The van der Waals surface area contributed by atoms with Crippen LogP contribution in [0, 0.1) is 0 Å². The van der Waals surface area contributed by atoms with Crippen molar-refractivity contribution in [3.8, 4) is 0 Å². The van der Waals surface area contributed by atoms with E-state index in [2.05, 4.69) is 34.7 Å². The molecule has 0 atom stereocenters. The summed E-state index contributed by atoms with van der Waals surface area (Å²) in [5.41, 5.74) is 0.604. The first-order valence-electron chi connectivity index (χ1n) is 7.21. The average molecular weight is 368 g/mol. The summed E-state index contributed by atoms with van der Waals surface area (Å²) in [6.45, 7) is 7.69. The van der Waals surface area contributed by atoms with E-state index < -0.39 is 11.6 Å². The van der Waals surface area contributed by atoms with Crippen molar-refractivity contribution >= 4 is 38.6 Å². The number of esters is 1. The molecule has 5 nitrogen and oxygen atoms in total. The highest BCUT2D eigenvalue weighted by Crippen LogP contribution is 2.33. The number of halogens is 1. The van der Waals surface area contributed by atoms with Crippen LogP contribution in [0.5, 0.6) is 0 Å². The largest absolute Gasteiger partial charge is 0.462 e. The molecule has 0 unspecified atom stereocenters. The standard InChI is InChI=1S/C16H18BrNO4/c1-4-18(5-2)12-8-7-10-9-11(15(19)21-6-3)16(20)22-14(10)13(12)17/h7-9H,4-6H2,1-3H3. The topological polar surface area (TPSA) is 59.8 Å². The zero-order chi connectivity index (χ0) is 16.3. The van der Waals surface area contributed by atoms with Gasteiger partial charge in [-0.1, -0.05) is 0 Å². The molecule has 2 aromatic rings. The zero-order valence-corrected chi connectivity index (χ0v) is 14.4. The number of ether oxygens (including phenoxy) is 1. The highest BCUT2D eigenvalue weighted by molar-refractivity contribution is 9.10. The Morgan fingerprint density at radius 1 is 1.27 bits per heavy atom. The van der Waals surface area contributed by atoms with Gasteiger partial charge in [-0.3, -0.25) is 0 Å². The lowest BCUT2D eigenvalue weighted by atomic mass is 10.1. The summed E-state index contributed by atoms with van der Waals surface area (Å²) in [5.74, 6) is -0.665. The molecule has 0 N–H and O–H groups in total. The summed E-state index contributed by atoms with van der Waals surface area (Å²) in [5, 5.41) is 0.672. The summed E-state index contributed by atoms with van der Waals surface area (Å²) < 4.78 is 10.9. The van der Waals surface area contributed by atoms with Gasteiger partial charge in [0.05, 0.1) is 16.8 Å². The molecular formula is C16H18BrNO4. The molecule has 0 saturated heterocycles. The molecule has 1 heterocycles. The molecule has 0 fully saturated rings. The smallest absolute Gasteiger partial charge is 0.351 e. The fourth-order valence-electron chi connectivity index (χ4n) is 2.30. The van der Waals surface area contributed by atoms with Crippen molar-refractivity contribution in [2.45, 2.75) is 20.8 Å². The Bertz CT molecular complexity index is 750. The van der Waals surface area contributed by atoms with E-state index in [0.717, 1.165) is 18.8 Å². The molecule has 0 aliphatic carbocycles. The molecule has 0 amide bonds. The fourth-order valence-corrected chi connectivity index (χ4v) is 2.99. The Morgan fingerprint density at radius 3 is 2.55 bits per heavy atom.